The minimum Gasteiger partial charge on any atom is -0.325 e. The van der Waals surface area contributed by atoms with Gasteiger partial charge < -0.3 is 5.32 Å². The molecule has 150 valence electrons. The standard InChI is InChI=1S/C23H19BrN4OS/c1-16-8-7-9-17(14-16)25-21(29)15-30-23-27-26-22(19-12-5-6-13-20(19)24)28(23)18-10-3-2-4-11-18/h2-14H,15H2,1H3,(H,25,29). The summed E-state index contributed by atoms with van der Waals surface area (Å²) in [6.45, 7) is 2.00. The minimum atomic E-state index is -0.0874. The van der Waals surface area contributed by atoms with Gasteiger partial charge in [-0.1, -0.05) is 76.2 Å². The molecular formula is C23H19BrN4OS. The Hall–Kier alpha value is -2.90. The summed E-state index contributed by atoms with van der Waals surface area (Å²) in [7, 11) is 0. The highest BCUT2D eigenvalue weighted by Gasteiger charge is 2.18. The maximum Gasteiger partial charge on any atom is 0.234 e. The number of rotatable bonds is 6. The van der Waals surface area contributed by atoms with Crippen molar-refractivity contribution in [2.24, 2.45) is 0 Å². The van der Waals surface area contributed by atoms with Crippen LogP contribution < -0.4 is 5.32 Å². The SMILES string of the molecule is Cc1cccc(NC(=O)CSc2nnc(-c3ccccc3Br)n2-c2ccccc2)c1. The number of hydrogen-bond donors (Lipinski definition) is 1. The highest BCUT2D eigenvalue weighted by molar-refractivity contribution is 9.10. The molecule has 1 N–H and O–H groups in total. The van der Waals surface area contributed by atoms with Gasteiger partial charge in [-0.15, -0.1) is 10.2 Å². The number of nitrogens with one attached hydrogen (secondary N) is 1. The molecule has 0 bridgehead atoms. The number of amides is 1. The number of aromatic nitrogens is 3. The maximum atomic E-state index is 12.5. The van der Waals surface area contributed by atoms with Crippen LogP contribution in [0.25, 0.3) is 17.1 Å². The first-order valence-electron chi connectivity index (χ1n) is 9.37. The lowest BCUT2D eigenvalue weighted by Gasteiger charge is -2.11. The number of aryl methyl sites for hydroxylation is 1. The molecule has 0 unspecified atom stereocenters. The zero-order valence-electron chi connectivity index (χ0n) is 16.2. The molecule has 0 saturated carbocycles. The summed E-state index contributed by atoms with van der Waals surface area (Å²) in [4.78, 5) is 12.5. The van der Waals surface area contributed by atoms with E-state index in [1.807, 2.05) is 90.4 Å². The predicted molar refractivity (Wildman–Crippen MR) is 125 cm³/mol. The quantitative estimate of drug-likeness (QED) is 0.359. The van der Waals surface area contributed by atoms with E-state index in [0.717, 1.165) is 32.8 Å². The Balaban J connectivity index is 1.60. The summed E-state index contributed by atoms with van der Waals surface area (Å²) in [6, 6.07) is 25.5. The van der Waals surface area contributed by atoms with E-state index < -0.39 is 0 Å². The topological polar surface area (TPSA) is 59.8 Å². The largest absolute Gasteiger partial charge is 0.325 e. The van der Waals surface area contributed by atoms with E-state index in [2.05, 4.69) is 31.4 Å². The third-order valence-electron chi connectivity index (χ3n) is 4.40. The van der Waals surface area contributed by atoms with Gasteiger partial charge in [0.25, 0.3) is 0 Å². The van der Waals surface area contributed by atoms with Gasteiger partial charge >= 0.3 is 0 Å². The Morgan fingerprint density at radius 1 is 1.00 bits per heavy atom. The van der Waals surface area contributed by atoms with Crippen LogP contribution in [-0.2, 0) is 4.79 Å². The zero-order valence-corrected chi connectivity index (χ0v) is 18.7. The first-order chi connectivity index (χ1) is 14.6. The van der Waals surface area contributed by atoms with Crippen LogP contribution in [0.3, 0.4) is 0 Å². The molecule has 30 heavy (non-hydrogen) atoms. The Labute approximate surface area is 187 Å². The number of halogens is 1. The van der Waals surface area contributed by atoms with Crippen molar-refractivity contribution in [1.82, 2.24) is 14.8 Å². The van der Waals surface area contributed by atoms with E-state index in [-0.39, 0.29) is 11.7 Å². The second-order valence-electron chi connectivity index (χ2n) is 6.66. The molecule has 0 atom stereocenters. The number of carbonyl (C=O) groups excluding carboxylic acids is 1. The summed E-state index contributed by atoms with van der Waals surface area (Å²) < 4.78 is 2.91. The molecule has 0 aliphatic carbocycles. The zero-order chi connectivity index (χ0) is 20.9. The molecule has 0 fully saturated rings. The monoisotopic (exact) mass is 478 g/mol. The molecule has 5 nitrogen and oxygen atoms in total. The van der Waals surface area contributed by atoms with Gasteiger partial charge in [-0.05, 0) is 42.8 Å². The van der Waals surface area contributed by atoms with Crippen molar-refractivity contribution < 1.29 is 4.79 Å². The summed E-state index contributed by atoms with van der Waals surface area (Å²) in [5.41, 5.74) is 3.76. The van der Waals surface area contributed by atoms with Crippen LogP contribution >= 0.6 is 27.7 Å². The van der Waals surface area contributed by atoms with E-state index in [1.54, 1.807) is 0 Å². The lowest BCUT2D eigenvalue weighted by Crippen LogP contribution is -2.14. The van der Waals surface area contributed by atoms with Gasteiger partial charge in [-0.2, -0.15) is 0 Å². The van der Waals surface area contributed by atoms with Gasteiger partial charge in [0.2, 0.25) is 5.91 Å². The Kier molecular flexibility index (Phi) is 6.30. The first-order valence-corrected chi connectivity index (χ1v) is 11.1. The van der Waals surface area contributed by atoms with Gasteiger partial charge in [0, 0.05) is 21.4 Å². The van der Waals surface area contributed by atoms with Gasteiger partial charge in [0.15, 0.2) is 11.0 Å². The van der Waals surface area contributed by atoms with Crippen molar-refractivity contribution in [3.8, 4) is 17.1 Å². The second-order valence-corrected chi connectivity index (χ2v) is 8.46. The van der Waals surface area contributed by atoms with Crippen molar-refractivity contribution in [1.29, 1.82) is 0 Å². The fourth-order valence-corrected chi connectivity index (χ4v) is 4.25. The van der Waals surface area contributed by atoms with Gasteiger partial charge in [0.1, 0.15) is 0 Å². The first kappa shape index (κ1) is 20.4. The van der Waals surface area contributed by atoms with Crippen LogP contribution in [-0.4, -0.2) is 26.4 Å². The smallest absolute Gasteiger partial charge is 0.234 e. The van der Waals surface area contributed by atoms with E-state index in [4.69, 9.17) is 0 Å². The summed E-state index contributed by atoms with van der Waals surface area (Å²) in [5.74, 6) is 0.862. The highest BCUT2D eigenvalue weighted by atomic mass is 79.9. The third kappa shape index (κ3) is 4.63. The highest BCUT2D eigenvalue weighted by Crippen LogP contribution is 2.32. The van der Waals surface area contributed by atoms with Crippen LogP contribution in [0.2, 0.25) is 0 Å². The third-order valence-corrected chi connectivity index (χ3v) is 6.02. The molecule has 7 heteroatoms. The maximum absolute atomic E-state index is 12.5. The van der Waals surface area contributed by atoms with Crippen molar-refractivity contribution >= 4 is 39.3 Å². The molecule has 4 aromatic rings. The normalized spacial score (nSPS) is 10.7. The van der Waals surface area contributed by atoms with Crippen LogP contribution in [0.5, 0.6) is 0 Å². The van der Waals surface area contributed by atoms with E-state index in [9.17, 15) is 4.79 Å². The molecule has 0 aliphatic heterocycles. The number of carbonyl (C=O) groups is 1. The lowest BCUT2D eigenvalue weighted by atomic mass is 10.2. The predicted octanol–water partition coefficient (Wildman–Crippen LogP) is 5.74. The van der Waals surface area contributed by atoms with Gasteiger partial charge in [-0.3, -0.25) is 9.36 Å². The second kappa shape index (κ2) is 9.28. The number of anilines is 1. The molecule has 1 amide bonds. The molecule has 0 radical (unpaired) electrons. The minimum absolute atomic E-state index is 0.0874. The van der Waals surface area contributed by atoms with Crippen molar-refractivity contribution in [3.05, 3.63) is 88.9 Å². The van der Waals surface area contributed by atoms with Crippen molar-refractivity contribution in [2.75, 3.05) is 11.1 Å². The summed E-state index contributed by atoms with van der Waals surface area (Å²) in [5, 5.41) is 12.4. The van der Waals surface area contributed by atoms with Gasteiger partial charge in [0.05, 0.1) is 5.75 Å². The molecule has 3 aromatic carbocycles. The molecule has 1 heterocycles. The Bertz CT molecular complexity index is 1180. The van der Waals surface area contributed by atoms with E-state index in [1.165, 1.54) is 11.8 Å². The van der Waals surface area contributed by atoms with E-state index in [0.29, 0.717) is 5.16 Å². The fourth-order valence-electron chi connectivity index (χ4n) is 3.04. The summed E-state index contributed by atoms with van der Waals surface area (Å²) >= 11 is 4.96. The fraction of sp³-hybridized carbons (Fsp3) is 0.0870. The average molecular weight is 479 g/mol. The van der Waals surface area contributed by atoms with Crippen molar-refractivity contribution in [2.45, 2.75) is 12.1 Å². The number of benzene rings is 3. The molecule has 4 rings (SSSR count). The Morgan fingerprint density at radius 2 is 1.77 bits per heavy atom. The number of para-hydroxylation sites is 1. The van der Waals surface area contributed by atoms with Crippen LogP contribution in [0.1, 0.15) is 5.56 Å². The summed E-state index contributed by atoms with van der Waals surface area (Å²) in [6.07, 6.45) is 0. The molecule has 0 saturated heterocycles. The molecular weight excluding hydrogens is 460 g/mol. The average Bonchev–Trinajstić information content (AvgIpc) is 3.17. The van der Waals surface area contributed by atoms with Gasteiger partial charge in [-0.25, -0.2) is 0 Å². The molecule has 0 aliphatic rings. The van der Waals surface area contributed by atoms with Crippen molar-refractivity contribution in [3.63, 3.8) is 0 Å². The van der Waals surface area contributed by atoms with E-state index >= 15 is 0 Å². The van der Waals surface area contributed by atoms with Crippen LogP contribution in [0.15, 0.2) is 88.5 Å². The number of hydrogen-bond acceptors (Lipinski definition) is 4. The number of nitrogens with zero attached hydrogens (tertiary/aromatic N) is 3. The molecule has 1 aromatic heterocycles. The Morgan fingerprint density at radius 3 is 2.53 bits per heavy atom. The van der Waals surface area contributed by atoms with Crippen LogP contribution in [0.4, 0.5) is 5.69 Å². The van der Waals surface area contributed by atoms with Crippen LogP contribution in [0, 0.1) is 6.92 Å². The number of thioether (sulfide) groups is 1. The lowest BCUT2D eigenvalue weighted by molar-refractivity contribution is -0.113. The molecule has 0 spiro atoms.